The van der Waals surface area contributed by atoms with Crippen molar-refractivity contribution in [2.75, 3.05) is 44.7 Å². The van der Waals surface area contributed by atoms with Crippen molar-refractivity contribution in [2.24, 2.45) is 4.99 Å². The van der Waals surface area contributed by atoms with E-state index in [0.29, 0.717) is 5.92 Å². The fourth-order valence-corrected chi connectivity index (χ4v) is 6.39. The first-order valence-corrected chi connectivity index (χ1v) is 12.1. The molecule has 7 heteroatoms. The maximum absolute atomic E-state index is 5.44. The lowest BCUT2D eigenvalue weighted by atomic mass is 9.87. The van der Waals surface area contributed by atoms with Crippen LogP contribution in [-0.4, -0.2) is 65.3 Å². The van der Waals surface area contributed by atoms with Gasteiger partial charge >= 0.3 is 0 Å². The molecule has 29 heavy (non-hydrogen) atoms. The number of allylic oxidation sites excluding steroid dienone is 1. The molecule has 1 fully saturated rings. The average Bonchev–Trinajstić information content (AvgIpc) is 3.37. The van der Waals surface area contributed by atoms with Crippen molar-refractivity contribution in [3.63, 3.8) is 0 Å². The number of nitrogens with zero attached hydrogens (tertiary/aromatic N) is 4. The second-order valence-electron chi connectivity index (χ2n) is 8.34. The van der Waals surface area contributed by atoms with Crippen molar-refractivity contribution in [1.29, 1.82) is 0 Å². The van der Waals surface area contributed by atoms with Gasteiger partial charge in [0.1, 0.15) is 17.5 Å². The molecular weight excluding hydrogens is 382 g/mol. The summed E-state index contributed by atoms with van der Waals surface area (Å²) in [4.78, 5) is 18.3. The summed E-state index contributed by atoms with van der Waals surface area (Å²) in [6.45, 7) is 7.92. The summed E-state index contributed by atoms with van der Waals surface area (Å²) in [5, 5.41) is 3.84. The number of morpholine rings is 1. The van der Waals surface area contributed by atoms with Gasteiger partial charge in [-0.05, 0) is 37.7 Å². The topological polar surface area (TPSA) is 62.6 Å². The van der Waals surface area contributed by atoms with Crippen LogP contribution in [0.15, 0.2) is 27.4 Å². The van der Waals surface area contributed by atoms with Gasteiger partial charge in [-0.3, -0.25) is 9.89 Å². The molecule has 0 spiro atoms. The molecule has 1 aliphatic carbocycles. The summed E-state index contributed by atoms with van der Waals surface area (Å²) >= 11 is 1.88. The number of aromatic nitrogens is 2. The molecule has 4 heterocycles. The number of ether oxygens (including phenoxy) is 1. The fourth-order valence-electron chi connectivity index (χ4n) is 5.00. The molecule has 0 unspecified atom stereocenters. The van der Waals surface area contributed by atoms with Gasteiger partial charge in [-0.1, -0.05) is 30.7 Å². The number of hydrogen-bond donors (Lipinski definition) is 1. The highest BCUT2D eigenvalue weighted by atomic mass is 32.2. The Morgan fingerprint density at radius 2 is 2.14 bits per heavy atom. The molecule has 5 rings (SSSR count). The van der Waals surface area contributed by atoms with Gasteiger partial charge in [0.15, 0.2) is 0 Å². The molecule has 156 valence electrons. The molecule has 1 N–H and O–H groups in total. The van der Waals surface area contributed by atoms with E-state index in [1.807, 2.05) is 11.8 Å². The second-order valence-corrected chi connectivity index (χ2v) is 9.47. The zero-order valence-corrected chi connectivity index (χ0v) is 18.1. The first kappa shape index (κ1) is 19.5. The molecule has 2 atom stereocenters. The van der Waals surface area contributed by atoms with E-state index in [4.69, 9.17) is 14.7 Å². The van der Waals surface area contributed by atoms with Crippen LogP contribution < -0.4 is 5.32 Å². The van der Waals surface area contributed by atoms with Crippen LogP contribution >= 0.6 is 11.8 Å². The normalized spacial score (nSPS) is 26.2. The molecule has 6 nitrogen and oxygen atoms in total. The van der Waals surface area contributed by atoms with Gasteiger partial charge < -0.3 is 10.1 Å². The quantitative estimate of drug-likeness (QED) is 0.732. The van der Waals surface area contributed by atoms with Crippen molar-refractivity contribution in [1.82, 2.24) is 14.9 Å². The number of rotatable bonds is 7. The predicted octanol–water partition coefficient (Wildman–Crippen LogP) is 3.86. The largest absolute Gasteiger partial charge is 0.379 e. The van der Waals surface area contributed by atoms with Gasteiger partial charge in [0.05, 0.1) is 29.7 Å². The average molecular weight is 414 g/mol. The van der Waals surface area contributed by atoms with Crippen molar-refractivity contribution in [2.45, 2.75) is 61.6 Å². The summed E-state index contributed by atoms with van der Waals surface area (Å²) in [7, 11) is 0. The molecule has 3 aliphatic heterocycles. The Labute approximate surface area is 177 Å². The molecule has 1 aromatic heterocycles. The van der Waals surface area contributed by atoms with Crippen LogP contribution in [-0.2, 0) is 4.74 Å². The zero-order valence-electron chi connectivity index (χ0n) is 17.3. The number of dihydropyridines is 1. The molecular formula is C22H31N5OS. The Hall–Kier alpha value is -1.44. The lowest BCUT2D eigenvalue weighted by Crippen LogP contribution is -2.39. The monoisotopic (exact) mass is 413 g/mol. The highest BCUT2D eigenvalue weighted by Gasteiger charge is 2.44. The van der Waals surface area contributed by atoms with E-state index in [-0.39, 0.29) is 5.37 Å². The Morgan fingerprint density at radius 3 is 3.00 bits per heavy atom. The van der Waals surface area contributed by atoms with E-state index in [0.717, 1.165) is 51.6 Å². The van der Waals surface area contributed by atoms with Crippen LogP contribution in [0, 0.1) is 0 Å². The van der Waals surface area contributed by atoms with Crippen LogP contribution in [0.2, 0.25) is 0 Å². The molecule has 0 amide bonds. The highest BCUT2D eigenvalue weighted by Crippen LogP contribution is 2.55. The van der Waals surface area contributed by atoms with Crippen molar-refractivity contribution in [3.8, 4) is 0 Å². The van der Waals surface area contributed by atoms with Gasteiger partial charge in [0.2, 0.25) is 0 Å². The van der Waals surface area contributed by atoms with E-state index >= 15 is 0 Å². The number of aliphatic imine (C=N–C) groups is 1. The second kappa shape index (κ2) is 8.74. The van der Waals surface area contributed by atoms with Gasteiger partial charge in [0, 0.05) is 31.9 Å². The highest BCUT2D eigenvalue weighted by molar-refractivity contribution is 8.00. The van der Waals surface area contributed by atoms with E-state index in [1.54, 1.807) is 17.5 Å². The minimum Gasteiger partial charge on any atom is -0.379 e. The third kappa shape index (κ3) is 3.84. The zero-order chi connectivity index (χ0) is 19.6. The van der Waals surface area contributed by atoms with Gasteiger partial charge in [-0.2, -0.15) is 0 Å². The maximum Gasteiger partial charge on any atom is 0.143 e. The van der Waals surface area contributed by atoms with E-state index in [1.165, 1.54) is 48.4 Å². The van der Waals surface area contributed by atoms with Crippen molar-refractivity contribution in [3.05, 3.63) is 23.2 Å². The van der Waals surface area contributed by atoms with Gasteiger partial charge in [0.25, 0.3) is 0 Å². The minimum atomic E-state index is 0.255. The van der Waals surface area contributed by atoms with Crippen LogP contribution in [0.4, 0.5) is 5.82 Å². The lowest BCUT2D eigenvalue weighted by Gasteiger charge is -2.26. The third-order valence-corrected chi connectivity index (χ3v) is 7.77. The third-order valence-electron chi connectivity index (χ3n) is 6.51. The van der Waals surface area contributed by atoms with Crippen LogP contribution in [0.5, 0.6) is 0 Å². The predicted molar refractivity (Wildman–Crippen MR) is 118 cm³/mol. The Kier molecular flexibility index (Phi) is 5.88. The molecule has 4 aliphatic rings. The van der Waals surface area contributed by atoms with Crippen LogP contribution in [0.25, 0.3) is 0 Å². The Morgan fingerprint density at radius 1 is 1.24 bits per heavy atom. The van der Waals surface area contributed by atoms with Crippen LogP contribution in [0.1, 0.15) is 57.1 Å². The fraction of sp³-hybridized carbons (Fsp3) is 0.682. The Balaban J connectivity index is 1.33. The molecule has 0 saturated carbocycles. The summed E-state index contributed by atoms with van der Waals surface area (Å²) in [5.74, 6) is 1.36. The van der Waals surface area contributed by atoms with E-state index in [9.17, 15) is 0 Å². The summed E-state index contributed by atoms with van der Waals surface area (Å²) in [6, 6.07) is 0. The number of hydrogen-bond acceptors (Lipinski definition) is 7. The maximum atomic E-state index is 5.44. The minimum absolute atomic E-state index is 0.255. The first-order chi connectivity index (χ1) is 14.3. The number of fused-ring (bicyclic) bond motifs is 4. The number of thioether (sulfide) groups is 1. The van der Waals surface area contributed by atoms with Gasteiger partial charge in [-0.25, -0.2) is 9.97 Å². The molecule has 0 bridgehead atoms. The van der Waals surface area contributed by atoms with Crippen molar-refractivity contribution < 1.29 is 4.74 Å². The summed E-state index contributed by atoms with van der Waals surface area (Å²) in [6.07, 6.45) is 9.03. The summed E-state index contributed by atoms with van der Waals surface area (Å²) < 4.78 is 5.44. The number of unbranched alkanes of at least 4 members (excludes halogenated alkanes) is 1. The first-order valence-electron chi connectivity index (χ1n) is 11.2. The lowest BCUT2D eigenvalue weighted by molar-refractivity contribution is 0.0398. The van der Waals surface area contributed by atoms with Crippen molar-refractivity contribution >= 4 is 23.3 Å². The summed E-state index contributed by atoms with van der Waals surface area (Å²) in [5.41, 5.74) is 5.78. The van der Waals surface area contributed by atoms with Crippen LogP contribution in [0.3, 0.4) is 0 Å². The SMILES string of the molecule is CCCCC1=N[C@@H]2Sc3c(NCCN4CCOCC4)ncnc3[C@H]2C2=C1CCC2. The van der Waals surface area contributed by atoms with E-state index < -0.39 is 0 Å². The number of nitrogens with one attached hydrogen (secondary N) is 1. The van der Waals surface area contributed by atoms with E-state index in [2.05, 4.69) is 22.1 Å². The molecule has 1 saturated heterocycles. The smallest absolute Gasteiger partial charge is 0.143 e. The van der Waals surface area contributed by atoms with Gasteiger partial charge in [-0.15, -0.1) is 0 Å². The molecule has 0 radical (unpaired) electrons. The molecule has 1 aromatic rings. The Bertz CT molecular complexity index is 817. The number of anilines is 1. The standard InChI is InChI=1S/C22H31N5OS/c1-2-3-7-17-15-5-4-6-16(15)18-19-20(29-22(18)26-17)21(25-14-24-19)23-8-9-27-10-12-28-13-11-27/h14,18,22H,2-13H2,1H3,(H,23,24,25)/t18-,22-/m1/s1. The molecule has 0 aromatic carbocycles.